The van der Waals surface area contributed by atoms with Crippen molar-refractivity contribution in [2.75, 3.05) is 30.7 Å². The molecule has 128 valence electrons. The van der Waals surface area contributed by atoms with Crippen LogP contribution in [0.3, 0.4) is 0 Å². The number of hydrogen-bond donors (Lipinski definition) is 1. The Balaban J connectivity index is 1.62. The van der Waals surface area contributed by atoms with Crippen LogP contribution in [0.1, 0.15) is 12.6 Å². The summed E-state index contributed by atoms with van der Waals surface area (Å²) < 4.78 is 25.0. The summed E-state index contributed by atoms with van der Waals surface area (Å²) in [6.45, 7) is 5.44. The molecule has 8 heteroatoms. The fourth-order valence-corrected chi connectivity index (χ4v) is 3.84. The fourth-order valence-electron chi connectivity index (χ4n) is 2.60. The molecule has 1 saturated heterocycles. The molecule has 2 aromatic rings. The van der Waals surface area contributed by atoms with E-state index in [0.29, 0.717) is 31.4 Å². The van der Waals surface area contributed by atoms with Crippen molar-refractivity contribution in [1.82, 2.24) is 19.3 Å². The molecule has 0 aromatic carbocycles. The average molecular weight is 347 g/mol. The van der Waals surface area contributed by atoms with Crippen LogP contribution in [0.5, 0.6) is 0 Å². The largest absolute Gasteiger partial charge is 0.370 e. The summed E-state index contributed by atoms with van der Waals surface area (Å²) in [4.78, 5) is 13.0. The number of pyridine rings is 1. The summed E-state index contributed by atoms with van der Waals surface area (Å²) in [5.74, 6) is 1.88. The summed E-state index contributed by atoms with van der Waals surface area (Å²) in [7, 11) is -3.05. The third-order valence-corrected chi connectivity index (χ3v) is 5.86. The van der Waals surface area contributed by atoms with E-state index in [1.165, 1.54) is 4.31 Å². The van der Waals surface area contributed by atoms with Gasteiger partial charge in [-0.3, -0.25) is 4.98 Å². The monoisotopic (exact) mass is 347 g/mol. The SMILES string of the molecule is CCS(=O)(=O)N1CC(CNc2cc(C)nc(-c3ccncc3)n2)C1. The maximum atomic E-state index is 11.7. The lowest BCUT2D eigenvalue weighted by atomic mass is 10.0. The van der Waals surface area contributed by atoms with Gasteiger partial charge in [0, 0.05) is 55.3 Å². The second-order valence-corrected chi connectivity index (χ2v) is 8.18. The number of rotatable bonds is 6. The first-order valence-corrected chi connectivity index (χ1v) is 9.56. The van der Waals surface area contributed by atoms with E-state index in [2.05, 4.69) is 20.3 Å². The molecular weight excluding hydrogens is 326 g/mol. The first-order chi connectivity index (χ1) is 11.5. The smallest absolute Gasteiger partial charge is 0.213 e. The number of anilines is 1. The number of hydrogen-bond acceptors (Lipinski definition) is 6. The molecule has 0 radical (unpaired) electrons. The summed E-state index contributed by atoms with van der Waals surface area (Å²) in [5.41, 5.74) is 1.80. The Kier molecular flexibility index (Phi) is 4.77. The van der Waals surface area contributed by atoms with E-state index in [-0.39, 0.29) is 5.75 Å². The minimum absolute atomic E-state index is 0.160. The maximum Gasteiger partial charge on any atom is 0.213 e. The minimum atomic E-state index is -3.05. The molecule has 24 heavy (non-hydrogen) atoms. The molecule has 0 aliphatic carbocycles. The molecule has 1 aliphatic rings. The lowest BCUT2D eigenvalue weighted by molar-refractivity contribution is 0.212. The first kappa shape index (κ1) is 16.8. The van der Waals surface area contributed by atoms with E-state index in [4.69, 9.17) is 0 Å². The molecule has 0 spiro atoms. The predicted molar refractivity (Wildman–Crippen MR) is 93.0 cm³/mol. The van der Waals surface area contributed by atoms with Gasteiger partial charge >= 0.3 is 0 Å². The minimum Gasteiger partial charge on any atom is -0.370 e. The van der Waals surface area contributed by atoms with E-state index in [0.717, 1.165) is 17.1 Å². The Morgan fingerprint density at radius 2 is 1.96 bits per heavy atom. The topological polar surface area (TPSA) is 88.1 Å². The third kappa shape index (κ3) is 3.70. The molecule has 1 fully saturated rings. The number of sulfonamides is 1. The van der Waals surface area contributed by atoms with Crippen molar-refractivity contribution >= 4 is 15.8 Å². The molecule has 1 N–H and O–H groups in total. The van der Waals surface area contributed by atoms with Gasteiger partial charge in [-0.25, -0.2) is 22.7 Å². The van der Waals surface area contributed by atoms with Crippen molar-refractivity contribution in [2.45, 2.75) is 13.8 Å². The lowest BCUT2D eigenvalue weighted by Crippen LogP contribution is -2.52. The zero-order valence-electron chi connectivity index (χ0n) is 13.8. The van der Waals surface area contributed by atoms with Crippen LogP contribution in [0.4, 0.5) is 5.82 Å². The van der Waals surface area contributed by atoms with Crippen molar-refractivity contribution < 1.29 is 8.42 Å². The van der Waals surface area contributed by atoms with Crippen LogP contribution in [0.25, 0.3) is 11.4 Å². The first-order valence-electron chi connectivity index (χ1n) is 7.95. The van der Waals surface area contributed by atoms with Crippen molar-refractivity contribution in [1.29, 1.82) is 0 Å². The van der Waals surface area contributed by atoms with Crippen molar-refractivity contribution in [3.05, 3.63) is 36.3 Å². The van der Waals surface area contributed by atoms with Gasteiger partial charge in [-0.05, 0) is 26.0 Å². The van der Waals surface area contributed by atoms with Gasteiger partial charge in [-0.2, -0.15) is 0 Å². The number of nitrogens with zero attached hydrogens (tertiary/aromatic N) is 4. The maximum absolute atomic E-state index is 11.7. The normalized spacial score (nSPS) is 15.9. The van der Waals surface area contributed by atoms with Gasteiger partial charge in [0.1, 0.15) is 5.82 Å². The fraction of sp³-hybridized carbons (Fsp3) is 0.438. The van der Waals surface area contributed by atoms with E-state index >= 15 is 0 Å². The van der Waals surface area contributed by atoms with Crippen LogP contribution in [0.2, 0.25) is 0 Å². The summed E-state index contributed by atoms with van der Waals surface area (Å²) in [6.07, 6.45) is 3.43. The molecule has 0 atom stereocenters. The van der Waals surface area contributed by atoms with Crippen LogP contribution >= 0.6 is 0 Å². The van der Waals surface area contributed by atoms with Crippen LogP contribution in [0.15, 0.2) is 30.6 Å². The highest BCUT2D eigenvalue weighted by Gasteiger charge is 2.34. The number of nitrogens with one attached hydrogen (secondary N) is 1. The quantitative estimate of drug-likeness (QED) is 0.853. The summed E-state index contributed by atoms with van der Waals surface area (Å²) >= 11 is 0. The zero-order valence-corrected chi connectivity index (χ0v) is 14.6. The van der Waals surface area contributed by atoms with Gasteiger partial charge in [0.15, 0.2) is 5.82 Å². The highest BCUT2D eigenvalue weighted by molar-refractivity contribution is 7.89. The Bertz CT molecular complexity index is 804. The molecule has 0 amide bonds. The Morgan fingerprint density at radius 1 is 1.25 bits per heavy atom. The Morgan fingerprint density at radius 3 is 2.62 bits per heavy atom. The molecule has 0 bridgehead atoms. The van der Waals surface area contributed by atoms with E-state index in [1.54, 1.807) is 19.3 Å². The second kappa shape index (κ2) is 6.82. The van der Waals surface area contributed by atoms with Gasteiger partial charge in [-0.15, -0.1) is 0 Å². The number of aryl methyl sites for hydroxylation is 1. The van der Waals surface area contributed by atoms with Gasteiger partial charge < -0.3 is 5.32 Å². The average Bonchev–Trinajstić information content (AvgIpc) is 2.53. The van der Waals surface area contributed by atoms with Crippen molar-refractivity contribution in [2.24, 2.45) is 5.92 Å². The summed E-state index contributed by atoms with van der Waals surface area (Å²) in [5, 5.41) is 3.30. The highest BCUT2D eigenvalue weighted by atomic mass is 32.2. The Hall–Kier alpha value is -2.06. The van der Waals surface area contributed by atoms with Crippen molar-refractivity contribution in [3.63, 3.8) is 0 Å². The van der Waals surface area contributed by atoms with E-state index in [1.807, 2.05) is 25.1 Å². The van der Waals surface area contributed by atoms with Gasteiger partial charge in [-0.1, -0.05) is 0 Å². The molecular formula is C16H21N5O2S. The molecule has 1 aliphatic heterocycles. The molecule has 3 heterocycles. The highest BCUT2D eigenvalue weighted by Crippen LogP contribution is 2.21. The van der Waals surface area contributed by atoms with Gasteiger partial charge in [0.05, 0.1) is 5.75 Å². The second-order valence-electron chi connectivity index (χ2n) is 5.92. The zero-order chi connectivity index (χ0) is 17.2. The lowest BCUT2D eigenvalue weighted by Gasteiger charge is -2.38. The van der Waals surface area contributed by atoms with Crippen LogP contribution in [-0.2, 0) is 10.0 Å². The molecule has 3 rings (SSSR count). The predicted octanol–water partition coefficient (Wildman–Crippen LogP) is 1.54. The summed E-state index contributed by atoms with van der Waals surface area (Å²) in [6, 6.07) is 5.64. The molecule has 0 saturated carbocycles. The van der Waals surface area contributed by atoms with Gasteiger partial charge in [0.25, 0.3) is 0 Å². The van der Waals surface area contributed by atoms with Crippen LogP contribution in [-0.4, -0.2) is 53.1 Å². The number of aromatic nitrogens is 3. The van der Waals surface area contributed by atoms with Crippen LogP contribution < -0.4 is 5.32 Å². The molecule has 7 nitrogen and oxygen atoms in total. The van der Waals surface area contributed by atoms with Crippen LogP contribution in [0, 0.1) is 12.8 Å². The third-order valence-electron chi connectivity index (χ3n) is 4.05. The Labute approximate surface area is 142 Å². The van der Waals surface area contributed by atoms with Crippen molar-refractivity contribution in [3.8, 4) is 11.4 Å². The van der Waals surface area contributed by atoms with Gasteiger partial charge in [0.2, 0.25) is 10.0 Å². The molecule has 2 aromatic heterocycles. The molecule has 0 unspecified atom stereocenters. The van der Waals surface area contributed by atoms with E-state index < -0.39 is 10.0 Å². The van der Waals surface area contributed by atoms with E-state index in [9.17, 15) is 8.42 Å². The standard InChI is InChI=1S/C16H21N5O2S/c1-3-24(22,23)21-10-13(11-21)9-18-15-8-12(2)19-16(20-15)14-4-6-17-7-5-14/h4-8,13H,3,9-11H2,1-2H3,(H,18,19,20).